The molecule has 1 aromatic heterocycles. The predicted molar refractivity (Wildman–Crippen MR) is 144 cm³/mol. The van der Waals surface area contributed by atoms with Crippen molar-refractivity contribution < 1.29 is 13.9 Å². The lowest BCUT2D eigenvalue weighted by Crippen LogP contribution is -2.43. The fourth-order valence-electron chi connectivity index (χ4n) is 4.01. The van der Waals surface area contributed by atoms with Gasteiger partial charge < -0.3 is 24.5 Å². The number of aryl methyl sites for hydroxylation is 1. The number of halogens is 1. The summed E-state index contributed by atoms with van der Waals surface area (Å²) in [6.45, 7) is 12.0. The lowest BCUT2D eigenvalue weighted by Gasteiger charge is -2.28. The van der Waals surface area contributed by atoms with Crippen molar-refractivity contribution in [3.05, 3.63) is 53.5 Å². The Hall–Kier alpha value is -1.78. The maximum Gasteiger partial charge on any atom is 0.191 e. The van der Waals surface area contributed by atoms with Gasteiger partial charge in [-0.1, -0.05) is 26.0 Å². The van der Waals surface area contributed by atoms with Crippen LogP contribution in [-0.2, 0) is 11.3 Å². The van der Waals surface area contributed by atoms with Gasteiger partial charge in [-0.3, -0.25) is 9.89 Å². The minimum Gasteiger partial charge on any atom is -0.493 e. The average molecular weight is 571 g/mol. The second-order valence-corrected chi connectivity index (χ2v) is 8.21. The van der Waals surface area contributed by atoms with E-state index in [4.69, 9.17) is 13.9 Å². The first-order valence-corrected chi connectivity index (χ1v) is 11.7. The molecule has 0 spiro atoms. The van der Waals surface area contributed by atoms with Crippen molar-refractivity contribution in [1.29, 1.82) is 0 Å². The molecule has 2 aromatic rings. The highest BCUT2D eigenvalue weighted by atomic mass is 127. The van der Waals surface area contributed by atoms with Crippen LogP contribution in [0.5, 0.6) is 5.75 Å². The molecule has 1 fully saturated rings. The molecule has 0 bridgehead atoms. The Morgan fingerprint density at radius 1 is 1.24 bits per heavy atom. The van der Waals surface area contributed by atoms with E-state index in [9.17, 15) is 0 Å². The van der Waals surface area contributed by atoms with Crippen molar-refractivity contribution in [3.63, 3.8) is 0 Å². The number of furan rings is 1. The summed E-state index contributed by atoms with van der Waals surface area (Å²) in [5, 5.41) is 6.90. The zero-order chi connectivity index (χ0) is 22.8. The Balaban J connectivity index is 0.00000385. The van der Waals surface area contributed by atoms with E-state index in [1.165, 1.54) is 5.56 Å². The zero-order valence-electron chi connectivity index (χ0n) is 20.3. The number of guanidine groups is 1. The maximum absolute atomic E-state index is 6.18. The Morgan fingerprint density at radius 3 is 2.70 bits per heavy atom. The minimum absolute atomic E-state index is 0. The summed E-state index contributed by atoms with van der Waals surface area (Å²) in [6.07, 6.45) is 2.80. The number of likely N-dealkylation sites (N-methyl/N-ethyl adjacent to an activating group) is 1. The zero-order valence-corrected chi connectivity index (χ0v) is 22.6. The van der Waals surface area contributed by atoms with E-state index in [0.29, 0.717) is 25.6 Å². The SMILES string of the molecule is CCN(CC)C(CNC(=NC)NCc1ccc(C)cc1OCC1CCOC1)c1ccco1.I. The number of hydrogen-bond donors (Lipinski definition) is 2. The summed E-state index contributed by atoms with van der Waals surface area (Å²) in [4.78, 5) is 6.78. The van der Waals surface area contributed by atoms with Crippen molar-refractivity contribution in [1.82, 2.24) is 15.5 Å². The number of nitrogens with one attached hydrogen (secondary N) is 2. The van der Waals surface area contributed by atoms with E-state index < -0.39 is 0 Å². The summed E-state index contributed by atoms with van der Waals surface area (Å²) in [5.74, 6) is 3.12. The molecular formula is C25H39IN4O3. The van der Waals surface area contributed by atoms with Crippen molar-refractivity contribution >= 4 is 29.9 Å². The van der Waals surface area contributed by atoms with Gasteiger partial charge in [0.05, 0.1) is 25.5 Å². The topological polar surface area (TPSA) is 71.3 Å². The van der Waals surface area contributed by atoms with Crippen LogP contribution in [-0.4, -0.2) is 57.4 Å². The molecule has 1 saturated heterocycles. The number of hydrogen-bond acceptors (Lipinski definition) is 5. The van der Waals surface area contributed by atoms with Gasteiger partial charge in [0.1, 0.15) is 11.5 Å². The lowest BCUT2D eigenvalue weighted by molar-refractivity contribution is 0.166. The normalized spacial score (nSPS) is 17.0. The molecule has 0 amide bonds. The Morgan fingerprint density at radius 2 is 2.06 bits per heavy atom. The fraction of sp³-hybridized carbons (Fsp3) is 0.560. The van der Waals surface area contributed by atoms with Gasteiger partial charge in [-0.15, -0.1) is 24.0 Å². The average Bonchev–Trinajstić information content (AvgIpc) is 3.52. The monoisotopic (exact) mass is 570 g/mol. The quantitative estimate of drug-likeness (QED) is 0.238. The summed E-state index contributed by atoms with van der Waals surface area (Å²) < 4.78 is 17.4. The highest BCUT2D eigenvalue weighted by Crippen LogP contribution is 2.23. The molecule has 8 heteroatoms. The van der Waals surface area contributed by atoms with Gasteiger partial charge in [0.25, 0.3) is 0 Å². The van der Waals surface area contributed by atoms with Crippen molar-refractivity contribution in [3.8, 4) is 5.75 Å². The van der Waals surface area contributed by atoms with Crippen LogP contribution in [0.4, 0.5) is 0 Å². The molecule has 2 N–H and O–H groups in total. The number of aliphatic imine (C=N–C) groups is 1. The molecule has 2 unspecified atom stereocenters. The standard InChI is InChI=1S/C25H38N4O3.HI/c1-5-29(6-2)22(23-8-7-12-31-23)16-28-25(26-4)27-15-21-10-9-19(3)14-24(21)32-18-20-11-13-30-17-20;/h7-10,12,14,20,22H,5-6,11,13,15-18H2,1-4H3,(H2,26,27,28);1H. The van der Waals surface area contributed by atoms with Crippen molar-refractivity contribution in [2.24, 2.45) is 10.9 Å². The van der Waals surface area contributed by atoms with Crippen molar-refractivity contribution in [2.45, 2.75) is 39.8 Å². The molecule has 2 heterocycles. The van der Waals surface area contributed by atoms with Crippen molar-refractivity contribution in [2.75, 3.05) is 46.5 Å². The summed E-state index contributed by atoms with van der Waals surface area (Å²) >= 11 is 0. The van der Waals surface area contributed by atoms with Gasteiger partial charge >= 0.3 is 0 Å². The summed E-state index contributed by atoms with van der Waals surface area (Å²) in [5.41, 5.74) is 2.30. The molecule has 3 rings (SSSR count). The third kappa shape index (κ3) is 8.19. The first-order chi connectivity index (χ1) is 15.6. The summed E-state index contributed by atoms with van der Waals surface area (Å²) in [6, 6.07) is 10.5. The molecule has 7 nitrogen and oxygen atoms in total. The smallest absolute Gasteiger partial charge is 0.191 e. The van der Waals surface area contributed by atoms with Crippen LogP contribution in [0.15, 0.2) is 46.0 Å². The van der Waals surface area contributed by atoms with E-state index in [-0.39, 0.29) is 30.0 Å². The van der Waals surface area contributed by atoms with Crippen LogP contribution in [0.1, 0.15) is 43.2 Å². The van der Waals surface area contributed by atoms with Gasteiger partial charge in [0, 0.05) is 38.2 Å². The van der Waals surface area contributed by atoms with Gasteiger partial charge in [-0.2, -0.15) is 0 Å². The van der Waals surface area contributed by atoms with E-state index in [1.807, 2.05) is 12.1 Å². The van der Waals surface area contributed by atoms with E-state index >= 15 is 0 Å². The van der Waals surface area contributed by atoms with Gasteiger partial charge in [-0.25, -0.2) is 0 Å². The molecular weight excluding hydrogens is 531 g/mol. The second-order valence-electron chi connectivity index (χ2n) is 8.21. The molecule has 1 aromatic carbocycles. The number of ether oxygens (including phenoxy) is 2. The third-order valence-corrected chi connectivity index (χ3v) is 5.98. The van der Waals surface area contributed by atoms with Crippen LogP contribution in [0.3, 0.4) is 0 Å². The molecule has 184 valence electrons. The van der Waals surface area contributed by atoms with E-state index in [0.717, 1.165) is 55.8 Å². The molecule has 2 atom stereocenters. The van der Waals surface area contributed by atoms with E-state index in [2.05, 4.69) is 59.5 Å². The largest absolute Gasteiger partial charge is 0.493 e. The number of benzene rings is 1. The highest BCUT2D eigenvalue weighted by molar-refractivity contribution is 14.0. The Labute approximate surface area is 215 Å². The molecule has 1 aliphatic heterocycles. The predicted octanol–water partition coefficient (Wildman–Crippen LogP) is 4.37. The van der Waals surface area contributed by atoms with Gasteiger partial charge in [-0.05, 0) is 50.2 Å². The van der Waals surface area contributed by atoms with E-state index in [1.54, 1.807) is 13.3 Å². The Bertz CT molecular complexity index is 834. The van der Waals surface area contributed by atoms with Crippen LogP contribution < -0.4 is 15.4 Å². The summed E-state index contributed by atoms with van der Waals surface area (Å²) in [7, 11) is 1.79. The first-order valence-electron chi connectivity index (χ1n) is 11.7. The molecule has 0 aliphatic carbocycles. The van der Waals surface area contributed by atoms with Crippen LogP contribution in [0.2, 0.25) is 0 Å². The van der Waals surface area contributed by atoms with Crippen LogP contribution >= 0.6 is 24.0 Å². The number of rotatable bonds is 11. The minimum atomic E-state index is 0. The Kier molecular flexibility index (Phi) is 12.0. The fourth-order valence-corrected chi connectivity index (χ4v) is 4.01. The van der Waals surface area contributed by atoms with Gasteiger partial charge in [0.2, 0.25) is 0 Å². The molecule has 0 radical (unpaired) electrons. The second kappa shape index (κ2) is 14.5. The van der Waals surface area contributed by atoms with Gasteiger partial charge in [0.15, 0.2) is 5.96 Å². The third-order valence-electron chi connectivity index (χ3n) is 5.98. The maximum atomic E-state index is 6.18. The number of nitrogens with zero attached hydrogens (tertiary/aromatic N) is 2. The highest BCUT2D eigenvalue weighted by Gasteiger charge is 2.21. The van der Waals surface area contributed by atoms with Crippen LogP contribution in [0.25, 0.3) is 0 Å². The van der Waals surface area contributed by atoms with Crippen LogP contribution in [0, 0.1) is 12.8 Å². The lowest BCUT2D eigenvalue weighted by atomic mass is 10.1. The molecule has 0 saturated carbocycles. The molecule has 33 heavy (non-hydrogen) atoms. The molecule has 1 aliphatic rings. The first kappa shape index (κ1) is 27.5.